The molecule has 8 heteroatoms. The quantitative estimate of drug-likeness (QED) is 0.684. The van der Waals surface area contributed by atoms with Gasteiger partial charge in [-0.3, -0.25) is 10.2 Å². The minimum absolute atomic E-state index is 0.286. The van der Waals surface area contributed by atoms with Crippen molar-refractivity contribution in [3.05, 3.63) is 51.4 Å². The molecular weight excluding hydrogens is 342 g/mol. The number of ether oxygens (including phenoxy) is 3. The van der Waals surface area contributed by atoms with Crippen LogP contribution in [0.4, 0.5) is 5.69 Å². The molecule has 1 heterocycles. The van der Waals surface area contributed by atoms with Gasteiger partial charge in [-0.15, -0.1) is 11.3 Å². The second-order valence-electron chi connectivity index (χ2n) is 5.02. The van der Waals surface area contributed by atoms with Crippen LogP contribution in [0.2, 0.25) is 0 Å². The zero-order valence-corrected chi connectivity index (χ0v) is 14.8. The lowest BCUT2D eigenvalue weighted by Gasteiger charge is -2.08. The summed E-state index contributed by atoms with van der Waals surface area (Å²) in [6.07, 6.45) is 0. The Morgan fingerprint density at radius 1 is 1.00 bits per heavy atom. The molecule has 0 aliphatic carbocycles. The first-order chi connectivity index (χ1) is 12.1. The first kappa shape index (κ1) is 16.8. The number of nitrogens with zero attached hydrogens (tertiary/aromatic N) is 1. The van der Waals surface area contributed by atoms with E-state index in [1.165, 1.54) is 11.3 Å². The van der Waals surface area contributed by atoms with Gasteiger partial charge in [-0.1, -0.05) is 0 Å². The Kier molecular flexibility index (Phi) is 4.90. The lowest BCUT2D eigenvalue weighted by atomic mass is 10.3. The summed E-state index contributed by atoms with van der Waals surface area (Å²) in [6.45, 7) is 0. The number of aromatic nitrogens is 1. The molecule has 0 aliphatic rings. The predicted octanol–water partition coefficient (Wildman–Crippen LogP) is 2.54. The number of benzene rings is 2. The second kappa shape index (κ2) is 7.27. The summed E-state index contributed by atoms with van der Waals surface area (Å²) in [5.41, 5.74) is 4.00. The Morgan fingerprint density at radius 2 is 1.68 bits per heavy atom. The Balaban J connectivity index is 2.00. The van der Waals surface area contributed by atoms with E-state index in [1.54, 1.807) is 33.5 Å². The molecule has 0 radical (unpaired) electrons. The molecule has 3 aromatic rings. The van der Waals surface area contributed by atoms with Gasteiger partial charge in [-0.05, 0) is 24.3 Å². The number of nitrogens with one attached hydrogen (secondary N) is 2. The summed E-state index contributed by atoms with van der Waals surface area (Å²) in [5.74, 6) is 1.89. The molecule has 130 valence electrons. The molecule has 0 atom stereocenters. The minimum Gasteiger partial charge on any atom is -0.497 e. The van der Waals surface area contributed by atoms with Crippen molar-refractivity contribution in [2.24, 2.45) is 5.10 Å². The molecule has 0 bridgehead atoms. The minimum atomic E-state index is -0.286. The normalized spacial score (nSPS) is 11.4. The highest BCUT2D eigenvalue weighted by atomic mass is 32.1. The van der Waals surface area contributed by atoms with Crippen LogP contribution in [-0.4, -0.2) is 26.3 Å². The summed E-state index contributed by atoms with van der Waals surface area (Å²) in [4.78, 5) is 15.0. The highest BCUT2D eigenvalue weighted by Crippen LogP contribution is 2.31. The Bertz CT molecular complexity index is 1010. The van der Waals surface area contributed by atoms with Gasteiger partial charge in [0.15, 0.2) is 11.5 Å². The van der Waals surface area contributed by atoms with Crippen LogP contribution in [-0.2, 0) is 0 Å². The van der Waals surface area contributed by atoms with Crippen LogP contribution < -0.4 is 29.9 Å². The van der Waals surface area contributed by atoms with E-state index in [-0.39, 0.29) is 5.56 Å². The van der Waals surface area contributed by atoms with E-state index in [2.05, 4.69) is 15.5 Å². The summed E-state index contributed by atoms with van der Waals surface area (Å²) in [6, 6.07) is 10.8. The van der Waals surface area contributed by atoms with Crippen molar-refractivity contribution in [2.45, 2.75) is 0 Å². The predicted molar refractivity (Wildman–Crippen MR) is 97.7 cm³/mol. The topological polar surface area (TPSA) is 84.9 Å². The molecule has 1 aromatic heterocycles. The van der Waals surface area contributed by atoms with E-state index < -0.39 is 0 Å². The number of fused-ring (bicyclic) bond motifs is 1. The first-order valence-electron chi connectivity index (χ1n) is 7.37. The van der Waals surface area contributed by atoms with Gasteiger partial charge in [0.2, 0.25) is 4.67 Å². The number of hydrogen-bond acceptors (Lipinski definition) is 7. The van der Waals surface area contributed by atoms with Crippen molar-refractivity contribution in [1.29, 1.82) is 0 Å². The Morgan fingerprint density at radius 3 is 2.32 bits per heavy atom. The monoisotopic (exact) mass is 359 g/mol. The third kappa shape index (κ3) is 3.58. The van der Waals surface area contributed by atoms with Gasteiger partial charge in [0.05, 0.1) is 37.2 Å². The van der Waals surface area contributed by atoms with Crippen LogP contribution in [0.1, 0.15) is 0 Å². The van der Waals surface area contributed by atoms with E-state index in [1.807, 2.05) is 24.3 Å². The lowest BCUT2D eigenvalue weighted by molar-refractivity contribution is 0.356. The SMILES string of the molecule is COc1ccc(NN=c2sc3cc(OC)c(OC)cc3[nH]c2=O)cc1. The molecule has 0 fully saturated rings. The number of rotatable bonds is 5. The van der Waals surface area contributed by atoms with Gasteiger partial charge in [-0.25, -0.2) is 0 Å². The second-order valence-corrected chi connectivity index (χ2v) is 6.05. The molecule has 3 rings (SSSR count). The zero-order valence-electron chi connectivity index (χ0n) is 14.0. The molecule has 0 aliphatic heterocycles. The maximum Gasteiger partial charge on any atom is 0.286 e. The molecule has 2 aromatic carbocycles. The standard InChI is InChI=1S/C17H17N3O4S/c1-22-11-6-4-10(5-7-11)19-20-17-16(21)18-12-8-13(23-2)14(24-3)9-15(12)25-17/h4-9,19H,1-3H3,(H,18,21). The van der Waals surface area contributed by atoms with Crippen LogP contribution in [0.15, 0.2) is 46.3 Å². The van der Waals surface area contributed by atoms with Gasteiger partial charge < -0.3 is 19.2 Å². The molecule has 25 heavy (non-hydrogen) atoms. The summed E-state index contributed by atoms with van der Waals surface area (Å²) in [5, 5.41) is 4.19. The van der Waals surface area contributed by atoms with Crippen molar-refractivity contribution in [3.63, 3.8) is 0 Å². The Hall–Kier alpha value is -3.00. The summed E-state index contributed by atoms with van der Waals surface area (Å²) >= 11 is 1.26. The van der Waals surface area contributed by atoms with Crippen LogP contribution in [0, 0.1) is 0 Å². The highest BCUT2D eigenvalue weighted by Gasteiger charge is 2.08. The molecule has 0 unspecified atom stereocenters. The van der Waals surface area contributed by atoms with Crippen molar-refractivity contribution in [1.82, 2.24) is 4.98 Å². The van der Waals surface area contributed by atoms with Gasteiger partial charge in [-0.2, -0.15) is 5.10 Å². The first-order valence-corrected chi connectivity index (χ1v) is 8.19. The molecule has 7 nitrogen and oxygen atoms in total. The zero-order chi connectivity index (χ0) is 17.8. The number of methoxy groups -OCH3 is 3. The maximum atomic E-state index is 12.2. The van der Waals surface area contributed by atoms with E-state index in [4.69, 9.17) is 14.2 Å². The van der Waals surface area contributed by atoms with Gasteiger partial charge in [0.25, 0.3) is 5.56 Å². The number of aromatic amines is 1. The van der Waals surface area contributed by atoms with Crippen LogP contribution in [0.25, 0.3) is 10.2 Å². The van der Waals surface area contributed by atoms with E-state index in [0.717, 1.165) is 16.1 Å². The van der Waals surface area contributed by atoms with Crippen molar-refractivity contribution >= 4 is 27.2 Å². The van der Waals surface area contributed by atoms with E-state index >= 15 is 0 Å². The fourth-order valence-corrected chi connectivity index (χ4v) is 3.05. The molecule has 0 spiro atoms. The van der Waals surface area contributed by atoms with E-state index in [9.17, 15) is 4.79 Å². The third-order valence-electron chi connectivity index (χ3n) is 3.51. The highest BCUT2D eigenvalue weighted by molar-refractivity contribution is 7.16. The third-order valence-corrected chi connectivity index (χ3v) is 4.54. The maximum absolute atomic E-state index is 12.2. The van der Waals surface area contributed by atoms with Crippen LogP contribution in [0.5, 0.6) is 17.2 Å². The number of hydrogen-bond donors (Lipinski definition) is 2. The lowest BCUT2D eigenvalue weighted by Crippen LogP contribution is -2.26. The number of H-pyrrole nitrogens is 1. The fraction of sp³-hybridized carbons (Fsp3) is 0.176. The largest absolute Gasteiger partial charge is 0.497 e. The van der Waals surface area contributed by atoms with Crippen molar-refractivity contribution < 1.29 is 14.2 Å². The molecule has 0 saturated carbocycles. The molecular formula is C17H17N3O4S. The summed E-state index contributed by atoms with van der Waals surface area (Å²) < 4.78 is 16.8. The average Bonchev–Trinajstić information content (AvgIpc) is 2.65. The fourth-order valence-electron chi connectivity index (χ4n) is 2.22. The Labute approximate surface area is 147 Å². The van der Waals surface area contributed by atoms with Crippen LogP contribution in [0.3, 0.4) is 0 Å². The average molecular weight is 359 g/mol. The summed E-state index contributed by atoms with van der Waals surface area (Å²) in [7, 11) is 4.72. The van der Waals surface area contributed by atoms with Crippen LogP contribution >= 0.6 is 11.3 Å². The van der Waals surface area contributed by atoms with Gasteiger partial charge in [0.1, 0.15) is 5.75 Å². The number of anilines is 1. The van der Waals surface area contributed by atoms with Crippen molar-refractivity contribution in [2.75, 3.05) is 26.8 Å². The van der Waals surface area contributed by atoms with Gasteiger partial charge >= 0.3 is 0 Å². The van der Waals surface area contributed by atoms with E-state index in [0.29, 0.717) is 21.7 Å². The molecule has 0 amide bonds. The van der Waals surface area contributed by atoms with Crippen molar-refractivity contribution in [3.8, 4) is 17.2 Å². The molecule has 2 N–H and O–H groups in total. The molecule has 0 saturated heterocycles. The smallest absolute Gasteiger partial charge is 0.286 e. The van der Waals surface area contributed by atoms with Gasteiger partial charge in [0, 0.05) is 12.1 Å².